The van der Waals surface area contributed by atoms with Gasteiger partial charge in [-0.15, -0.1) is 0 Å². The largest absolute Gasteiger partial charge is 0.493 e. The molecular weight excluding hydrogens is 298 g/mol. The molecule has 0 fully saturated rings. The van der Waals surface area contributed by atoms with Gasteiger partial charge in [-0.1, -0.05) is 15.9 Å². The standard InChI is InChI=1S/C13H18BrNO3/c1-13(17,8-16)7-15-6-10-5-11(14)4-9-2-3-18-12(9)10/h4-5,15-17H,2-3,6-8H2,1H3. The molecule has 1 unspecified atom stereocenters. The molecule has 1 aliphatic heterocycles. The Morgan fingerprint density at radius 2 is 2.28 bits per heavy atom. The third-order valence-electron chi connectivity index (χ3n) is 2.99. The zero-order valence-electron chi connectivity index (χ0n) is 10.4. The number of hydrogen-bond acceptors (Lipinski definition) is 4. The van der Waals surface area contributed by atoms with E-state index >= 15 is 0 Å². The molecule has 0 radical (unpaired) electrons. The number of halogens is 1. The number of aliphatic hydroxyl groups is 2. The van der Waals surface area contributed by atoms with Crippen molar-refractivity contribution >= 4 is 15.9 Å². The maximum Gasteiger partial charge on any atom is 0.127 e. The van der Waals surface area contributed by atoms with Gasteiger partial charge in [0, 0.05) is 29.5 Å². The molecule has 0 amide bonds. The van der Waals surface area contributed by atoms with Crippen molar-refractivity contribution in [2.24, 2.45) is 0 Å². The number of ether oxygens (including phenoxy) is 1. The second-order valence-corrected chi connectivity index (χ2v) is 5.83. The highest BCUT2D eigenvalue weighted by Crippen LogP contribution is 2.32. The molecule has 0 bridgehead atoms. The van der Waals surface area contributed by atoms with Crippen LogP contribution in [-0.4, -0.2) is 35.6 Å². The Morgan fingerprint density at radius 1 is 1.50 bits per heavy atom. The summed E-state index contributed by atoms with van der Waals surface area (Å²) in [5, 5.41) is 21.8. The maximum absolute atomic E-state index is 9.70. The first-order chi connectivity index (χ1) is 8.52. The third-order valence-corrected chi connectivity index (χ3v) is 3.45. The predicted molar refractivity (Wildman–Crippen MR) is 72.8 cm³/mol. The van der Waals surface area contributed by atoms with Gasteiger partial charge >= 0.3 is 0 Å². The van der Waals surface area contributed by atoms with Crippen molar-refractivity contribution in [1.82, 2.24) is 5.32 Å². The van der Waals surface area contributed by atoms with Crippen LogP contribution in [0.25, 0.3) is 0 Å². The summed E-state index contributed by atoms with van der Waals surface area (Å²) >= 11 is 3.49. The first kappa shape index (κ1) is 13.8. The van der Waals surface area contributed by atoms with E-state index in [-0.39, 0.29) is 6.61 Å². The average molecular weight is 316 g/mol. The van der Waals surface area contributed by atoms with Crippen molar-refractivity contribution in [1.29, 1.82) is 0 Å². The SMILES string of the molecule is CC(O)(CO)CNCc1cc(Br)cc2c1OCC2. The first-order valence-corrected chi connectivity index (χ1v) is 6.79. The van der Waals surface area contributed by atoms with Gasteiger partial charge in [0.05, 0.1) is 18.8 Å². The molecule has 0 aliphatic carbocycles. The minimum atomic E-state index is -1.09. The fraction of sp³-hybridized carbons (Fsp3) is 0.538. The molecule has 0 saturated carbocycles. The van der Waals surface area contributed by atoms with Crippen molar-refractivity contribution < 1.29 is 14.9 Å². The van der Waals surface area contributed by atoms with Crippen molar-refractivity contribution in [3.05, 3.63) is 27.7 Å². The Morgan fingerprint density at radius 3 is 3.00 bits per heavy atom. The summed E-state index contributed by atoms with van der Waals surface area (Å²) in [5.41, 5.74) is 1.21. The molecule has 0 saturated heterocycles. The fourth-order valence-corrected chi connectivity index (χ4v) is 2.55. The number of nitrogens with one attached hydrogen (secondary N) is 1. The van der Waals surface area contributed by atoms with Crippen molar-refractivity contribution in [3.8, 4) is 5.75 Å². The zero-order valence-corrected chi connectivity index (χ0v) is 12.0. The van der Waals surface area contributed by atoms with Gasteiger partial charge in [0.2, 0.25) is 0 Å². The van der Waals surface area contributed by atoms with Crippen LogP contribution in [0.15, 0.2) is 16.6 Å². The van der Waals surface area contributed by atoms with Crippen LogP contribution < -0.4 is 10.1 Å². The Bertz CT molecular complexity index is 434. The van der Waals surface area contributed by atoms with E-state index in [0.717, 1.165) is 28.8 Å². The molecule has 2 rings (SSSR count). The zero-order chi connectivity index (χ0) is 13.2. The van der Waals surface area contributed by atoms with Gasteiger partial charge in [0.1, 0.15) is 5.75 Å². The van der Waals surface area contributed by atoms with Crippen LogP contribution in [-0.2, 0) is 13.0 Å². The van der Waals surface area contributed by atoms with Gasteiger partial charge in [-0.25, -0.2) is 0 Å². The van der Waals surface area contributed by atoms with Crippen molar-refractivity contribution in [3.63, 3.8) is 0 Å². The second-order valence-electron chi connectivity index (χ2n) is 4.91. The summed E-state index contributed by atoms with van der Waals surface area (Å²) in [4.78, 5) is 0. The molecule has 4 nitrogen and oxygen atoms in total. The summed E-state index contributed by atoms with van der Waals surface area (Å²) < 4.78 is 6.66. The Labute approximate surface area is 115 Å². The van der Waals surface area contributed by atoms with Crippen LogP contribution in [0, 0.1) is 0 Å². The molecule has 1 atom stereocenters. The second kappa shape index (κ2) is 5.57. The van der Waals surface area contributed by atoms with Crippen LogP contribution in [0.5, 0.6) is 5.75 Å². The number of aliphatic hydroxyl groups excluding tert-OH is 1. The molecule has 18 heavy (non-hydrogen) atoms. The number of rotatable bonds is 5. The lowest BCUT2D eigenvalue weighted by Crippen LogP contribution is -2.40. The average Bonchev–Trinajstić information content (AvgIpc) is 2.76. The minimum Gasteiger partial charge on any atom is -0.493 e. The lowest BCUT2D eigenvalue weighted by Gasteiger charge is -2.21. The molecule has 5 heteroatoms. The van der Waals surface area contributed by atoms with E-state index in [1.807, 2.05) is 6.07 Å². The van der Waals surface area contributed by atoms with E-state index in [2.05, 4.69) is 27.3 Å². The molecule has 1 heterocycles. The minimum absolute atomic E-state index is 0.257. The Kier molecular flexibility index (Phi) is 4.27. The topological polar surface area (TPSA) is 61.7 Å². The van der Waals surface area contributed by atoms with E-state index in [1.165, 1.54) is 5.56 Å². The monoisotopic (exact) mass is 315 g/mol. The summed E-state index contributed by atoms with van der Waals surface area (Å²) in [6.45, 7) is 3.02. The van der Waals surface area contributed by atoms with Crippen LogP contribution >= 0.6 is 15.9 Å². The molecular formula is C13H18BrNO3. The highest BCUT2D eigenvalue weighted by molar-refractivity contribution is 9.10. The summed E-state index contributed by atoms with van der Waals surface area (Å²) in [7, 11) is 0. The molecule has 3 N–H and O–H groups in total. The van der Waals surface area contributed by atoms with Crippen LogP contribution in [0.4, 0.5) is 0 Å². The molecule has 0 aromatic heterocycles. The lowest BCUT2D eigenvalue weighted by molar-refractivity contribution is 0.00251. The summed E-state index contributed by atoms with van der Waals surface area (Å²) in [5.74, 6) is 0.953. The summed E-state index contributed by atoms with van der Waals surface area (Å²) in [6, 6.07) is 4.10. The Hall–Kier alpha value is -0.620. The van der Waals surface area contributed by atoms with Gasteiger partial charge in [0.25, 0.3) is 0 Å². The third kappa shape index (κ3) is 3.23. The Balaban J connectivity index is 2.02. The van der Waals surface area contributed by atoms with E-state index in [9.17, 15) is 5.11 Å². The normalized spacial score (nSPS) is 17.1. The van der Waals surface area contributed by atoms with Gasteiger partial charge in [-0.3, -0.25) is 0 Å². The van der Waals surface area contributed by atoms with Crippen LogP contribution in [0.1, 0.15) is 18.1 Å². The van der Waals surface area contributed by atoms with E-state index in [0.29, 0.717) is 13.1 Å². The van der Waals surface area contributed by atoms with E-state index in [4.69, 9.17) is 9.84 Å². The first-order valence-electron chi connectivity index (χ1n) is 6.00. The predicted octanol–water partition coefficient (Wildman–Crippen LogP) is 1.22. The smallest absolute Gasteiger partial charge is 0.127 e. The van der Waals surface area contributed by atoms with Crippen molar-refractivity contribution in [2.45, 2.75) is 25.5 Å². The molecule has 0 spiro atoms. The molecule has 1 aromatic carbocycles. The highest BCUT2D eigenvalue weighted by atomic mass is 79.9. The molecule has 1 aromatic rings. The van der Waals surface area contributed by atoms with E-state index in [1.54, 1.807) is 6.92 Å². The number of benzene rings is 1. The molecule has 1 aliphatic rings. The van der Waals surface area contributed by atoms with Gasteiger partial charge in [-0.05, 0) is 24.6 Å². The molecule has 100 valence electrons. The number of hydrogen-bond donors (Lipinski definition) is 3. The van der Waals surface area contributed by atoms with E-state index < -0.39 is 5.60 Å². The van der Waals surface area contributed by atoms with Crippen molar-refractivity contribution in [2.75, 3.05) is 19.8 Å². The quantitative estimate of drug-likeness (QED) is 0.764. The van der Waals surface area contributed by atoms with Crippen LogP contribution in [0.2, 0.25) is 0 Å². The highest BCUT2D eigenvalue weighted by Gasteiger charge is 2.20. The van der Waals surface area contributed by atoms with Gasteiger partial charge < -0.3 is 20.3 Å². The number of fused-ring (bicyclic) bond motifs is 1. The van der Waals surface area contributed by atoms with Gasteiger partial charge in [0.15, 0.2) is 0 Å². The maximum atomic E-state index is 9.70. The lowest BCUT2D eigenvalue weighted by atomic mass is 10.1. The van der Waals surface area contributed by atoms with Gasteiger partial charge in [-0.2, -0.15) is 0 Å². The summed E-state index contributed by atoms with van der Waals surface area (Å²) in [6.07, 6.45) is 0.941. The fourth-order valence-electron chi connectivity index (χ4n) is 2.00. The van der Waals surface area contributed by atoms with Crippen LogP contribution in [0.3, 0.4) is 0 Å².